The maximum atomic E-state index is 13.6. The summed E-state index contributed by atoms with van der Waals surface area (Å²) in [4.78, 5) is 20.2. The molecule has 2 aliphatic heterocycles. The summed E-state index contributed by atoms with van der Waals surface area (Å²) in [6, 6.07) is 23.3. The number of nitrogens with zero attached hydrogens (tertiary/aromatic N) is 2. The zero-order chi connectivity index (χ0) is 21.1. The van der Waals surface area contributed by atoms with Crippen LogP contribution in [0.5, 0.6) is 5.75 Å². The predicted octanol–water partition coefficient (Wildman–Crippen LogP) is 5.35. The molecule has 2 heterocycles. The number of carbonyl (C=O) groups excluding carboxylic acids is 1. The molecule has 150 valence electrons. The standard InChI is InChI=1S/C26H24N2O2/c1-25(2)16-26(3,17-8-5-4-6-9-17)21-11-7-10-20-22(24(30)28(25)23(20)21)27-18-12-14-19(29)15-13-18/h4-15,29H,16H2,1-3H3. The van der Waals surface area contributed by atoms with Gasteiger partial charge in [0.2, 0.25) is 0 Å². The van der Waals surface area contributed by atoms with Crippen molar-refractivity contribution in [2.75, 3.05) is 4.90 Å². The highest BCUT2D eigenvalue weighted by molar-refractivity contribution is 6.55. The number of phenols is 1. The van der Waals surface area contributed by atoms with E-state index in [2.05, 4.69) is 56.1 Å². The molecule has 1 atom stereocenters. The van der Waals surface area contributed by atoms with Gasteiger partial charge in [0.1, 0.15) is 11.5 Å². The second-order valence-corrected chi connectivity index (χ2v) is 9.01. The lowest BCUT2D eigenvalue weighted by Crippen LogP contribution is -2.54. The maximum absolute atomic E-state index is 13.6. The molecule has 1 N–H and O–H groups in total. The van der Waals surface area contributed by atoms with Crippen LogP contribution in [0.15, 0.2) is 77.8 Å². The van der Waals surface area contributed by atoms with Crippen LogP contribution in [0.25, 0.3) is 0 Å². The number of hydrogen-bond acceptors (Lipinski definition) is 3. The second-order valence-electron chi connectivity index (χ2n) is 9.01. The summed E-state index contributed by atoms with van der Waals surface area (Å²) < 4.78 is 0. The fourth-order valence-electron chi connectivity index (χ4n) is 5.19. The summed E-state index contributed by atoms with van der Waals surface area (Å²) in [5.41, 5.74) is 4.80. The Balaban J connectivity index is 1.75. The third kappa shape index (κ3) is 2.60. The van der Waals surface area contributed by atoms with E-state index >= 15 is 0 Å². The average Bonchev–Trinajstić information content (AvgIpc) is 3.01. The van der Waals surface area contributed by atoms with Crippen LogP contribution in [0.2, 0.25) is 0 Å². The van der Waals surface area contributed by atoms with Crippen molar-refractivity contribution in [2.45, 2.75) is 38.1 Å². The number of para-hydroxylation sites is 1. The van der Waals surface area contributed by atoms with E-state index in [4.69, 9.17) is 0 Å². The van der Waals surface area contributed by atoms with Gasteiger partial charge in [0.15, 0.2) is 0 Å². The smallest absolute Gasteiger partial charge is 0.278 e. The lowest BCUT2D eigenvalue weighted by atomic mass is 9.65. The SMILES string of the molecule is CC1(c2ccccc2)CC(C)(C)N2C(=O)C(=Nc3ccc(O)cc3)c3cccc1c32. The molecule has 0 saturated carbocycles. The quantitative estimate of drug-likeness (QED) is 0.635. The number of aromatic hydroxyl groups is 1. The largest absolute Gasteiger partial charge is 0.508 e. The van der Waals surface area contributed by atoms with Crippen LogP contribution in [0, 0.1) is 0 Å². The normalized spacial score (nSPS) is 23.0. The minimum Gasteiger partial charge on any atom is -0.508 e. The first-order chi connectivity index (χ1) is 14.3. The molecule has 0 spiro atoms. The van der Waals surface area contributed by atoms with Crippen molar-refractivity contribution in [1.29, 1.82) is 0 Å². The van der Waals surface area contributed by atoms with E-state index in [1.54, 1.807) is 24.3 Å². The van der Waals surface area contributed by atoms with Crippen molar-refractivity contribution < 1.29 is 9.90 Å². The second kappa shape index (κ2) is 6.30. The molecule has 1 unspecified atom stereocenters. The average molecular weight is 396 g/mol. The van der Waals surface area contributed by atoms with Crippen LogP contribution >= 0.6 is 0 Å². The van der Waals surface area contributed by atoms with Gasteiger partial charge in [-0.2, -0.15) is 0 Å². The Morgan fingerprint density at radius 2 is 1.60 bits per heavy atom. The van der Waals surface area contributed by atoms with Gasteiger partial charge in [0.25, 0.3) is 5.91 Å². The highest BCUT2D eigenvalue weighted by atomic mass is 16.3. The number of hydrogen-bond donors (Lipinski definition) is 1. The molecule has 1 amide bonds. The number of anilines is 1. The first-order valence-corrected chi connectivity index (χ1v) is 10.2. The Bertz CT molecular complexity index is 1180. The van der Waals surface area contributed by atoms with Crippen molar-refractivity contribution in [1.82, 2.24) is 0 Å². The number of phenolic OH excluding ortho intramolecular Hbond substituents is 1. The molecule has 2 aliphatic rings. The minimum atomic E-state index is -0.364. The highest BCUT2D eigenvalue weighted by Crippen LogP contribution is 2.53. The number of carbonyl (C=O) groups is 1. The maximum Gasteiger partial charge on any atom is 0.278 e. The van der Waals surface area contributed by atoms with E-state index in [-0.39, 0.29) is 22.6 Å². The molecular formula is C26H24N2O2. The summed E-state index contributed by atoms with van der Waals surface area (Å²) in [7, 11) is 0. The Kier molecular flexibility index (Phi) is 3.91. The fraction of sp³-hybridized carbons (Fsp3) is 0.231. The minimum absolute atomic E-state index is 0.0642. The van der Waals surface area contributed by atoms with E-state index in [9.17, 15) is 9.90 Å². The summed E-state index contributed by atoms with van der Waals surface area (Å²) in [5.74, 6) is 0.115. The van der Waals surface area contributed by atoms with Crippen molar-refractivity contribution in [3.8, 4) is 5.75 Å². The van der Waals surface area contributed by atoms with Gasteiger partial charge >= 0.3 is 0 Å². The molecule has 0 radical (unpaired) electrons. The number of aliphatic imine (C=N–C) groups is 1. The lowest BCUT2D eigenvalue weighted by Gasteiger charge is -2.49. The van der Waals surface area contributed by atoms with Crippen molar-refractivity contribution in [3.63, 3.8) is 0 Å². The molecule has 3 aromatic carbocycles. The molecule has 0 bridgehead atoms. The Hall–Kier alpha value is -3.40. The van der Waals surface area contributed by atoms with Crippen LogP contribution < -0.4 is 4.90 Å². The van der Waals surface area contributed by atoms with Crippen LogP contribution in [0.3, 0.4) is 0 Å². The molecule has 5 rings (SSSR count). The van der Waals surface area contributed by atoms with Gasteiger partial charge in [-0.3, -0.25) is 4.79 Å². The monoisotopic (exact) mass is 396 g/mol. The molecule has 4 nitrogen and oxygen atoms in total. The van der Waals surface area contributed by atoms with E-state index in [0.29, 0.717) is 11.4 Å². The van der Waals surface area contributed by atoms with Crippen LogP contribution in [-0.2, 0) is 10.2 Å². The van der Waals surface area contributed by atoms with Crippen molar-refractivity contribution >= 4 is 23.0 Å². The third-order valence-corrected chi connectivity index (χ3v) is 6.41. The zero-order valence-corrected chi connectivity index (χ0v) is 17.4. The molecule has 0 aromatic heterocycles. The molecule has 3 aromatic rings. The van der Waals surface area contributed by atoms with Gasteiger partial charge in [0.05, 0.1) is 11.4 Å². The number of amides is 1. The topological polar surface area (TPSA) is 52.9 Å². The third-order valence-electron chi connectivity index (χ3n) is 6.41. The molecule has 0 fully saturated rings. The summed E-state index contributed by atoms with van der Waals surface area (Å²) in [5, 5.41) is 9.56. The highest BCUT2D eigenvalue weighted by Gasteiger charge is 2.52. The van der Waals surface area contributed by atoms with Crippen LogP contribution in [0.4, 0.5) is 11.4 Å². The number of benzene rings is 3. The summed E-state index contributed by atoms with van der Waals surface area (Å²) >= 11 is 0. The van der Waals surface area contributed by atoms with Gasteiger partial charge in [-0.25, -0.2) is 4.99 Å². The molecular weight excluding hydrogens is 372 g/mol. The molecule has 30 heavy (non-hydrogen) atoms. The van der Waals surface area contributed by atoms with Gasteiger partial charge in [-0.1, -0.05) is 55.5 Å². The van der Waals surface area contributed by atoms with Gasteiger partial charge in [-0.15, -0.1) is 0 Å². The van der Waals surface area contributed by atoms with Crippen molar-refractivity contribution in [3.05, 3.63) is 89.5 Å². The van der Waals surface area contributed by atoms with Gasteiger partial charge in [-0.05, 0) is 55.7 Å². The van der Waals surface area contributed by atoms with Crippen LogP contribution in [0.1, 0.15) is 43.9 Å². The fourth-order valence-corrected chi connectivity index (χ4v) is 5.19. The molecule has 0 saturated heterocycles. The van der Waals surface area contributed by atoms with Gasteiger partial charge < -0.3 is 10.0 Å². The zero-order valence-electron chi connectivity index (χ0n) is 17.4. The first kappa shape index (κ1) is 18.6. The van der Waals surface area contributed by atoms with E-state index in [0.717, 1.165) is 23.2 Å². The van der Waals surface area contributed by atoms with Crippen molar-refractivity contribution in [2.24, 2.45) is 4.99 Å². The van der Waals surface area contributed by atoms with E-state index < -0.39 is 0 Å². The summed E-state index contributed by atoms with van der Waals surface area (Å²) in [6.07, 6.45) is 0.818. The lowest BCUT2D eigenvalue weighted by molar-refractivity contribution is -0.113. The van der Waals surface area contributed by atoms with E-state index in [1.165, 1.54) is 5.56 Å². The van der Waals surface area contributed by atoms with Gasteiger partial charge in [0, 0.05) is 16.5 Å². The Morgan fingerprint density at radius 3 is 2.30 bits per heavy atom. The van der Waals surface area contributed by atoms with E-state index in [1.807, 2.05) is 23.1 Å². The first-order valence-electron chi connectivity index (χ1n) is 10.2. The molecule has 4 heteroatoms. The predicted molar refractivity (Wildman–Crippen MR) is 120 cm³/mol. The number of rotatable bonds is 2. The molecule has 0 aliphatic carbocycles. The Labute approximate surface area is 176 Å². The van der Waals surface area contributed by atoms with Crippen LogP contribution in [-0.4, -0.2) is 22.3 Å². The summed E-state index contributed by atoms with van der Waals surface area (Å²) in [6.45, 7) is 6.54. The Morgan fingerprint density at radius 1 is 0.900 bits per heavy atom.